The Morgan fingerprint density at radius 1 is 0.541 bits per heavy atom. The molecule has 1 aromatic rings. The lowest BCUT2D eigenvalue weighted by Crippen LogP contribution is -2.26. The molecule has 1 heteroatoms. The summed E-state index contributed by atoms with van der Waals surface area (Å²) >= 11 is 0. The van der Waals surface area contributed by atoms with Crippen LogP contribution in [0.3, 0.4) is 0 Å². The van der Waals surface area contributed by atoms with E-state index in [1.54, 1.807) is 27.5 Å². The number of benzene rings is 1. The lowest BCUT2D eigenvalue weighted by Gasteiger charge is -2.27. The van der Waals surface area contributed by atoms with Crippen molar-refractivity contribution in [2.45, 2.75) is 163 Å². The smallest absolute Gasteiger partial charge is 0.0587 e. The molecule has 0 spiro atoms. The lowest BCUT2D eigenvalue weighted by molar-refractivity contribution is 0.515. The van der Waals surface area contributed by atoms with Crippen molar-refractivity contribution in [3.8, 4) is 0 Å². The molecule has 0 saturated carbocycles. The van der Waals surface area contributed by atoms with Gasteiger partial charge in [0.25, 0.3) is 0 Å². The van der Waals surface area contributed by atoms with Crippen molar-refractivity contribution >= 4 is 14.7 Å². The fourth-order valence-electron chi connectivity index (χ4n) is 6.92. The molecule has 1 aliphatic rings. The summed E-state index contributed by atoms with van der Waals surface area (Å²) < 4.78 is 0. The van der Waals surface area contributed by atoms with Crippen molar-refractivity contribution in [2.75, 3.05) is 0 Å². The first kappa shape index (κ1) is 32.1. The monoisotopic (exact) mass is 522 g/mol. The van der Waals surface area contributed by atoms with Crippen LogP contribution in [0.2, 0.25) is 5.54 Å². The molecule has 0 bridgehead atoms. The van der Waals surface area contributed by atoms with Crippen LogP contribution in [0.15, 0.2) is 40.5 Å². The van der Waals surface area contributed by atoms with Gasteiger partial charge < -0.3 is 0 Å². The van der Waals surface area contributed by atoms with Gasteiger partial charge in [-0.15, -0.1) is 0 Å². The van der Waals surface area contributed by atoms with Gasteiger partial charge in [0.15, 0.2) is 0 Å². The van der Waals surface area contributed by atoms with Crippen molar-refractivity contribution < 1.29 is 0 Å². The number of rotatable bonds is 20. The SMILES string of the molecule is CCCCCCCCCCCCCCCCCCC([SiH2]c1cc(C)cc(C)c1)C1C(C)=C(C)C(C)=C1C. The van der Waals surface area contributed by atoms with E-state index < -0.39 is 0 Å². The zero-order valence-corrected chi connectivity index (χ0v) is 27.5. The van der Waals surface area contributed by atoms with Gasteiger partial charge >= 0.3 is 0 Å². The highest BCUT2D eigenvalue weighted by Gasteiger charge is 2.31. The Balaban J connectivity index is 1.66. The van der Waals surface area contributed by atoms with Crippen molar-refractivity contribution in [2.24, 2.45) is 5.92 Å². The van der Waals surface area contributed by atoms with Gasteiger partial charge in [-0.3, -0.25) is 0 Å². The first-order valence-corrected chi connectivity index (χ1v) is 17.8. The van der Waals surface area contributed by atoms with Crippen LogP contribution in [-0.2, 0) is 0 Å². The predicted molar refractivity (Wildman–Crippen MR) is 172 cm³/mol. The van der Waals surface area contributed by atoms with Gasteiger partial charge in [0.05, 0.1) is 9.52 Å². The van der Waals surface area contributed by atoms with Crippen LogP contribution < -0.4 is 5.19 Å². The van der Waals surface area contributed by atoms with Gasteiger partial charge in [0.1, 0.15) is 0 Å². The fourth-order valence-corrected chi connectivity index (χ4v) is 9.84. The number of hydrogen-bond donors (Lipinski definition) is 0. The lowest BCUT2D eigenvalue weighted by atomic mass is 9.90. The molecule has 1 aromatic carbocycles. The number of hydrogen-bond acceptors (Lipinski definition) is 0. The van der Waals surface area contributed by atoms with E-state index in [1.807, 2.05) is 0 Å². The number of allylic oxidation sites excluding steroid dienone is 4. The molecule has 1 aliphatic carbocycles. The zero-order valence-electron chi connectivity index (χ0n) is 26.1. The topological polar surface area (TPSA) is 0 Å². The highest BCUT2D eigenvalue weighted by molar-refractivity contribution is 6.55. The van der Waals surface area contributed by atoms with E-state index in [0.717, 1.165) is 5.54 Å². The predicted octanol–water partition coefficient (Wildman–Crippen LogP) is 10.8. The van der Waals surface area contributed by atoms with Crippen LogP contribution in [0, 0.1) is 19.8 Å². The summed E-state index contributed by atoms with van der Waals surface area (Å²) in [5.74, 6) is 0.712. The Bertz CT molecular complexity index is 798. The fraction of sp³-hybridized carbons (Fsp3) is 0.722. The molecule has 0 aliphatic heterocycles. The van der Waals surface area contributed by atoms with Crippen LogP contribution in [-0.4, -0.2) is 9.52 Å². The van der Waals surface area contributed by atoms with Gasteiger partial charge in [-0.2, -0.15) is 0 Å². The molecule has 0 fully saturated rings. The third kappa shape index (κ3) is 11.7. The number of aryl methyl sites for hydroxylation is 2. The third-order valence-electron chi connectivity index (χ3n) is 9.36. The second-order valence-corrected chi connectivity index (χ2v) is 14.9. The van der Waals surface area contributed by atoms with Gasteiger partial charge in [-0.25, -0.2) is 0 Å². The largest absolute Gasteiger partial charge is 0.0661 e. The Labute approximate surface area is 235 Å². The molecule has 0 saturated heterocycles. The maximum Gasteiger partial charge on any atom is 0.0587 e. The van der Waals surface area contributed by atoms with E-state index >= 15 is 0 Å². The highest BCUT2D eigenvalue weighted by Crippen LogP contribution is 2.44. The second-order valence-electron chi connectivity index (χ2n) is 12.6. The minimum atomic E-state index is -0.313. The zero-order chi connectivity index (χ0) is 27.0. The molecule has 2 rings (SSSR count). The van der Waals surface area contributed by atoms with E-state index in [0.29, 0.717) is 5.92 Å². The molecule has 0 amide bonds. The van der Waals surface area contributed by atoms with Crippen LogP contribution in [0.5, 0.6) is 0 Å². The molecule has 0 radical (unpaired) electrons. The summed E-state index contributed by atoms with van der Waals surface area (Å²) in [7, 11) is -0.313. The standard InChI is InChI=1S/C36H62Si/c1-8-9-10-11-12-13-14-15-16-17-18-19-20-21-22-23-24-35(36-32(6)30(4)31(5)33(36)7)37-34-26-28(2)25-29(3)27-34/h25-27,35-36H,8-24,37H2,1-7H3. The van der Waals surface area contributed by atoms with Crippen LogP contribution in [0.4, 0.5) is 0 Å². The third-order valence-corrected chi connectivity index (χ3v) is 11.6. The Hall–Kier alpha value is -1.08. The summed E-state index contributed by atoms with van der Waals surface area (Å²) in [6, 6.07) is 7.32. The van der Waals surface area contributed by atoms with Crippen LogP contribution in [0.1, 0.15) is 155 Å². The van der Waals surface area contributed by atoms with Crippen LogP contribution >= 0.6 is 0 Å². The van der Waals surface area contributed by atoms with Crippen molar-refractivity contribution in [1.82, 2.24) is 0 Å². The molecule has 0 heterocycles. The second kappa shape index (κ2) is 18.2. The maximum absolute atomic E-state index is 2.49. The molecule has 1 atom stereocenters. The molecule has 0 N–H and O–H groups in total. The van der Waals surface area contributed by atoms with E-state index in [4.69, 9.17) is 0 Å². The normalized spacial score (nSPS) is 15.6. The van der Waals surface area contributed by atoms with Gasteiger partial charge in [0.2, 0.25) is 0 Å². The molecule has 210 valence electrons. The van der Waals surface area contributed by atoms with E-state index in [-0.39, 0.29) is 9.52 Å². The van der Waals surface area contributed by atoms with Crippen molar-refractivity contribution in [1.29, 1.82) is 0 Å². The van der Waals surface area contributed by atoms with Gasteiger partial charge in [-0.1, -0.05) is 162 Å². The van der Waals surface area contributed by atoms with Crippen molar-refractivity contribution in [3.63, 3.8) is 0 Å². The molecule has 0 aromatic heterocycles. The van der Waals surface area contributed by atoms with Crippen LogP contribution in [0.25, 0.3) is 0 Å². The van der Waals surface area contributed by atoms with Gasteiger partial charge in [0, 0.05) is 5.92 Å². The average molecular weight is 523 g/mol. The summed E-state index contributed by atoms with van der Waals surface area (Å²) in [6.45, 7) is 16.4. The first-order valence-electron chi connectivity index (χ1n) is 16.3. The van der Waals surface area contributed by atoms with Crippen molar-refractivity contribution in [3.05, 3.63) is 51.6 Å². The Morgan fingerprint density at radius 2 is 0.919 bits per heavy atom. The van der Waals surface area contributed by atoms with E-state index in [1.165, 1.54) is 120 Å². The first-order chi connectivity index (χ1) is 17.8. The maximum atomic E-state index is 2.49. The van der Waals surface area contributed by atoms with E-state index in [2.05, 4.69) is 66.7 Å². The summed E-state index contributed by atoms with van der Waals surface area (Å²) in [5, 5.41) is 1.68. The summed E-state index contributed by atoms with van der Waals surface area (Å²) in [5.41, 5.74) is 10.3. The molecular formula is C36H62Si. The number of unbranched alkanes of at least 4 members (excludes halogenated alkanes) is 15. The summed E-state index contributed by atoms with van der Waals surface area (Å²) in [6.07, 6.45) is 24.7. The minimum absolute atomic E-state index is 0.313. The Kier molecular flexibility index (Phi) is 15.8. The minimum Gasteiger partial charge on any atom is -0.0661 e. The average Bonchev–Trinajstić information content (AvgIpc) is 3.04. The molecule has 1 unspecified atom stereocenters. The molecule has 37 heavy (non-hydrogen) atoms. The molecular weight excluding hydrogens is 460 g/mol. The van der Waals surface area contributed by atoms with Gasteiger partial charge in [-0.05, 0) is 58.2 Å². The highest BCUT2D eigenvalue weighted by atomic mass is 28.2. The Morgan fingerprint density at radius 3 is 1.32 bits per heavy atom. The quantitative estimate of drug-likeness (QED) is 0.118. The molecule has 0 nitrogen and oxygen atoms in total. The summed E-state index contributed by atoms with van der Waals surface area (Å²) in [4.78, 5) is 0. The van der Waals surface area contributed by atoms with E-state index in [9.17, 15) is 0 Å².